The number of hydrazine groups is 1. The molecule has 0 aromatic carbocycles. The molecule has 9 heavy (non-hydrogen) atoms. The van der Waals surface area contributed by atoms with E-state index in [1.807, 2.05) is 0 Å². The van der Waals surface area contributed by atoms with Crippen molar-refractivity contribution in [2.75, 3.05) is 26.2 Å². The highest BCUT2D eigenvalue weighted by Crippen LogP contribution is 1.96. The van der Waals surface area contributed by atoms with Gasteiger partial charge in [-0.2, -0.15) is 0 Å². The minimum absolute atomic E-state index is 0.757. The zero-order valence-corrected chi connectivity index (χ0v) is 5.77. The van der Waals surface area contributed by atoms with Gasteiger partial charge in [0.25, 0.3) is 0 Å². The van der Waals surface area contributed by atoms with E-state index in [9.17, 15) is 0 Å². The van der Waals surface area contributed by atoms with Gasteiger partial charge in [-0.15, -0.1) is 0 Å². The Balaban J connectivity index is 2.08. The largest absolute Gasteiger partial charge is 0.329 e. The third-order valence-corrected chi connectivity index (χ3v) is 1.59. The number of nitrogens with zero attached hydrogens (tertiary/aromatic N) is 1. The number of nitrogens with one attached hydrogen (secondary N) is 1. The summed E-state index contributed by atoms with van der Waals surface area (Å²) in [7, 11) is 0. The number of nitrogens with two attached hydrogens (primary N) is 1. The van der Waals surface area contributed by atoms with Gasteiger partial charge < -0.3 is 5.73 Å². The second-order valence-corrected chi connectivity index (χ2v) is 2.39. The molecule has 0 aromatic rings. The Bertz CT molecular complexity index is 65.9. The quantitative estimate of drug-likeness (QED) is 0.530. The molecule has 0 amide bonds. The van der Waals surface area contributed by atoms with Crippen LogP contribution in [0.2, 0.25) is 0 Å². The highest BCUT2D eigenvalue weighted by molar-refractivity contribution is 4.59. The maximum atomic E-state index is 5.38. The summed E-state index contributed by atoms with van der Waals surface area (Å²) in [6, 6.07) is 0. The first-order chi connectivity index (χ1) is 4.43. The van der Waals surface area contributed by atoms with Crippen molar-refractivity contribution in [1.82, 2.24) is 10.4 Å². The van der Waals surface area contributed by atoms with Crippen LogP contribution in [0, 0.1) is 0 Å². The number of rotatable bonds is 2. The number of hydrogen-bond acceptors (Lipinski definition) is 3. The molecule has 0 aromatic heterocycles. The van der Waals surface area contributed by atoms with E-state index in [1.54, 1.807) is 0 Å². The zero-order valence-electron chi connectivity index (χ0n) is 5.77. The summed E-state index contributed by atoms with van der Waals surface area (Å²) >= 11 is 0. The van der Waals surface area contributed by atoms with E-state index in [2.05, 4.69) is 10.4 Å². The van der Waals surface area contributed by atoms with Crippen LogP contribution in [0.15, 0.2) is 0 Å². The third kappa shape index (κ3) is 2.30. The van der Waals surface area contributed by atoms with Crippen LogP contribution in [0.25, 0.3) is 0 Å². The molecule has 0 bridgehead atoms. The van der Waals surface area contributed by atoms with Gasteiger partial charge in [0.2, 0.25) is 0 Å². The first-order valence-electron chi connectivity index (χ1n) is 3.62. The topological polar surface area (TPSA) is 41.3 Å². The van der Waals surface area contributed by atoms with Crippen LogP contribution in [0.1, 0.15) is 12.8 Å². The molecule has 1 fully saturated rings. The van der Waals surface area contributed by atoms with Crippen molar-refractivity contribution in [3.05, 3.63) is 0 Å². The smallest absolute Gasteiger partial charge is 0.0254 e. The minimum atomic E-state index is 0.757. The molecule has 1 aliphatic rings. The van der Waals surface area contributed by atoms with Gasteiger partial charge in [0.05, 0.1) is 0 Å². The molecule has 1 rings (SSSR count). The van der Waals surface area contributed by atoms with Crippen LogP contribution >= 0.6 is 0 Å². The lowest BCUT2D eigenvalue weighted by atomic mass is 10.3. The Kier molecular flexibility index (Phi) is 2.97. The first kappa shape index (κ1) is 6.99. The standard InChI is InChI=1S/C6H15N3/c7-3-6-9-5-2-1-4-8-9/h8H,1-7H2. The van der Waals surface area contributed by atoms with Crippen molar-refractivity contribution in [1.29, 1.82) is 0 Å². The molecular formula is C6H15N3. The van der Waals surface area contributed by atoms with Crippen molar-refractivity contribution in [2.45, 2.75) is 12.8 Å². The fraction of sp³-hybridized carbons (Fsp3) is 1.00. The van der Waals surface area contributed by atoms with Crippen molar-refractivity contribution in [3.63, 3.8) is 0 Å². The molecule has 0 unspecified atom stereocenters. The molecule has 0 spiro atoms. The highest BCUT2D eigenvalue weighted by atomic mass is 15.5. The van der Waals surface area contributed by atoms with Gasteiger partial charge in [-0.1, -0.05) is 0 Å². The van der Waals surface area contributed by atoms with Crippen molar-refractivity contribution < 1.29 is 0 Å². The van der Waals surface area contributed by atoms with Gasteiger partial charge in [0.15, 0.2) is 0 Å². The van der Waals surface area contributed by atoms with Crippen LogP contribution in [-0.4, -0.2) is 31.2 Å². The second-order valence-electron chi connectivity index (χ2n) is 2.39. The summed E-state index contributed by atoms with van der Waals surface area (Å²) in [5.74, 6) is 0. The molecule has 0 atom stereocenters. The van der Waals surface area contributed by atoms with E-state index in [1.165, 1.54) is 12.8 Å². The van der Waals surface area contributed by atoms with Gasteiger partial charge in [-0.05, 0) is 12.8 Å². The normalized spacial score (nSPS) is 22.3. The predicted octanol–water partition coefficient (Wildman–Crippen LogP) is -0.455. The van der Waals surface area contributed by atoms with E-state index in [-0.39, 0.29) is 0 Å². The van der Waals surface area contributed by atoms with E-state index in [0.29, 0.717) is 0 Å². The van der Waals surface area contributed by atoms with Crippen molar-refractivity contribution in [2.24, 2.45) is 5.73 Å². The molecule has 0 radical (unpaired) electrons. The van der Waals surface area contributed by atoms with Crippen LogP contribution < -0.4 is 11.2 Å². The Morgan fingerprint density at radius 2 is 2.33 bits per heavy atom. The van der Waals surface area contributed by atoms with E-state index >= 15 is 0 Å². The zero-order chi connectivity index (χ0) is 6.53. The summed E-state index contributed by atoms with van der Waals surface area (Å²) in [4.78, 5) is 0. The van der Waals surface area contributed by atoms with Crippen molar-refractivity contribution >= 4 is 0 Å². The third-order valence-electron chi connectivity index (χ3n) is 1.59. The van der Waals surface area contributed by atoms with Gasteiger partial charge in [-0.25, -0.2) is 5.01 Å². The summed E-state index contributed by atoms with van der Waals surface area (Å²) < 4.78 is 0. The SMILES string of the molecule is NCCN1CCCCN1. The van der Waals surface area contributed by atoms with Gasteiger partial charge in [-0.3, -0.25) is 5.43 Å². The van der Waals surface area contributed by atoms with Gasteiger partial charge >= 0.3 is 0 Å². The maximum Gasteiger partial charge on any atom is 0.0254 e. The van der Waals surface area contributed by atoms with E-state index in [4.69, 9.17) is 5.73 Å². The second kappa shape index (κ2) is 3.82. The number of hydrogen-bond donors (Lipinski definition) is 2. The average molecular weight is 129 g/mol. The monoisotopic (exact) mass is 129 g/mol. The van der Waals surface area contributed by atoms with Gasteiger partial charge in [0, 0.05) is 26.2 Å². The Morgan fingerprint density at radius 3 is 2.89 bits per heavy atom. The Hall–Kier alpha value is -0.120. The van der Waals surface area contributed by atoms with E-state index in [0.717, 1.165) is 26.2 Å². The van der Waals surface area contributed by atoms with Crippen LogP contribution in [0.5, 0.6) is 0 Å². The first-order valence-corrected chi connectivity index (χ1v) is 3.62. The molecule has 54 valence electrons. The van der Waals surface area contributed by atoms with Crippen molar-refractivity contribution in [3.8, 4) is 0 Å². The summed E-state index contributed by atoms with van der Waals surface area (Å²) in [5, 5.41) is 2.20. The molecule has 0 saturated carbocycles. The molecular weight excluding hydrogens is 114 g/mol. The maximum absolute atomic E-state index is 5.38. The molecule has 1 aliphatic heterocycles. The average Bonchev–Trinajstić information content (AvgIpc) is 1.91. The van der Waals surface area contributed by atoms with Crippen LogP contribution in [0.4, 0.5) is 0 Å². The Morgan fingerprint density at radius 1 is 1.44 bits per heavy atom. The fourth-order valence-corrected chi connectivity index (χ4v) is 1.09. The molecule has 3 N–H and O–H groups in total. The lowest BCUT2D eigenvalue weighted by Gasteiger charge is -2.26. The summed E-state index contributed by atoms with van der Waals surface area (Å²) in [5.41, 5.74) is 8.65. The van der Waals surface area contributed by atoms with Crippen LogP contribution in [-0.2, 0) is 0 Å². The molecule has 1 heterocycles. The highest BCUT2D eigenvalue weighted by Gasteiger charge is 2.06. The Labute approximate surface area is 56.2 Å². The lowest BCUT2D eigenvalue weighted by Crippen LogP contribution is -2.45. The minimum Gasteiger partial charge on any atom is -0.329 e. The molecule has 0 aliphatic carbocycles. The lowest BCUT2D eigenvalue weighted by molar-refractivity contribution is 0.158. The van der Waals surface area contributed by atoms with E-state index < -0.39 is 0 Å². The predicted molar refractivity (Wildman–Crippen MR) is 37.9 cm³/mol. The molecule has 3 nitrogen and oxygen atoms in total. The van der Waals surface area contributed by atoms with Crippen LogP contribution in [0.3, 0.4) is 0 Å². The molecule has 3 heteroatoms. The molecule has 1 saturated heterocycles. The van der Waals surface area contributed by atoms with Gasteiger partial charge in [0.1, 0.15) is 0 Å². The fourth-order valence-electron chi connectivity index (χ4n) is 1.09. The summed E-state index contributed by atoms with van der Waals surface area (Å²) in [6.45, 7) is 4.03. The summed E-state index contributed by atoms with van der Waals surface area (Å²) in [6.07, 6.45) is 2.62.